The van der Waals surface area contributed by atoms with Crippen LogP contribution in [0.3, 0.4) is 0 Å². The highest BCUT2D eigenvalue weighted by molar-refractivity contribution is 5.76. The molecule has 0 aromatic carbocycles. The highest BCUT2D eigenvalue weighted by Crippen LogP contribution is 2.18. The van der Waals surface area contributed by atoms with Crippen LogP contribution in [-0.4, -0.2) is 47.4 Å². The fourth-order valence-electron chi connectivity index (χ4n) is 8.88. The van der Waals surface area contributed by atoms with Crippen LogP contribution in [-0.2, 0) is 14.3 Å². The van der Waals surface area contributed by atoms with Crippen LogP contribution in [0.15, 0.2) is 0 Å². The molecule has 6 heteroatoms. The van der Waals surface area contributed by atoms with Crippen LogP contribution in [0.5, 0.6) is 0 Å². The van der Waals surface area contributed by atoms with Crippen LogP contribution in [0.1, 0.15) is 316 Å². The lowest BCUT2D eigenvalue weighted by Crippen LogP contribution is -2.45. The van der Waals surface area contributed by atoms with Crippen molar-refractivity contribution in [3.63, 3.8) is 0 Å². The third-order valence-corrected chi connectivity index (χ3v) is 13.2. The van der Waals surface area contributed by atoms with Crippen molar-refractivity contribution in [3.8, 4) is 0 Å². The number of aliphatic hydroxyl groups is 2. The Morgan fingerprint density at radius 2 is 0.672 bits per heavy atom. The van der Waals surface area contributed by atoms with E-state index in [1.54, 1.807) is 0 Å². The fourth-order valence-corrected chi connectivity index (χ4v) is 8.88. The van der Waals surface area contributed by atoms with Gasteiger partial charge in [-0.25, -0.2) is 0 Å². The second-order valence-electron chi connectivity index (χ2n) is 19.3. The Morgan fingerprint density at radius 1 is 0.393 bits per heavy atom. The first-order valence-corrected chi connectivity index (χ1v) is 27.8. The number of carbonyl (C=O) groups is 2. The number of rotatable bonds is 52. The number of aliphatic hydroxyl groups excluding tert-OH is 2. The summed E-state index contributed by atoms with van der Waals surface area (Å²) >= 11 is 0. The zero-order valence-electron chi connectivity index (χ0n) is 41.4. The molecule has 0 saturated heterocycles. The molecular weight excluding hydrogens is 755 g/mol. The predicted molar refractivity (Wildman–Crippen MR) is 264 cm³/mol. The molecule has 0 fully saturated rings. The summed E-state index contributed by atoms with van der Waals surface area (Å²) in [6, 6.07) is -0.539. The standard InChI is InChI=1S/C55H109NO5/c1-3-5-7-9-11-13-14-15-22-26-29-33-37-41-45-49-55(60)61-50-46-42-38-34-30-27-24-21-19-17-16-18-20-23-25-28-32-36-40-44-48-54(59)56-52(51-57)53(58)47-43-39-35-31-12-10-8-6-4-2/h52-53,57-58H,3-51H2,1-2H3,(H,56,59). The third kappa shape index (κ3) is 48.2. The minimum Gasteiger partial charge on any atom is -0.466 e. The summed E-state index contributed by atoms with van der Waals surface area (Å²) in [5, 5.41) is 23.1. The number of nitrogens with one attached hydrogen (secondary N) is 1. The van der Waals surface area contributed by atoms with Crippen molar-refractivity contribution < 1.29 is 24.5 Å². The molecule has 0 heterocycles. The monoisotopic (exact) mass is 864 g/mol. The van der Waals surface area contributed by atoms with Gasteiger partial charge in [0.2, 0.25) is 5.91 Å². The first-order valence-electron chi connectivity index (χ1n) is 27.8. The molecule has 0 aliphatic rings. The number of esters is 1. The molecule has 61 heavy (non-hydrogen) atoms. The van der Waals surface area contributed by atoms with E-state index in [0.29, 0.717) is 25.9 Å². The Morgan fingerprint density at radius 3 is 1.00 bits per heavy atom. The molecule has 0 rings (SSSR count). The predicted octanol–water partition coefficient (Wildman–Crippen LogP) is 16.7. The van der Waals surface area contributed by atoms with Crippen LogP contribution in [0.2, 0.25) is 0 Å². The maximum atomic E-state index is 12.4. The zero-order valence-corrected chi connectivity index (χ0v) is 41.4. The van der Waals surface area contributed by atoms with Crippen molar-refractivity contribution in [1.29, 1.82) is 0 Å². The SMILES string of the molecule is CCCCCCCCCCCCCCCCCC(=O)OCCCCCCCCCCCCCCCCCCCCCCC(=O)NC(CO)C(O)CCCCCCCCCCC. The van der Waals surface area contributed by atoms with E-state index in [1.165, 1.54) is 244 Å². The smallest absolute Gasteiger partial charge is 0.305 e. The van der Waals surface area contributed by atoms with Crippen molar-refractivity contribution in [2.45, 2.75) is 328 Å². The van der Waals surface area contributed by atoms with E-state index in [9.17, 15) is 19.8 Å². The number of carbonyl (C=O) groups excluding carboxylic acids is 2. The maximum absolute atomic E-state index is 12.4. The van der Waals surface area contributed by atoms with Crippen molar-refractivity contribution in [2.24, 2.45) is 0 Å². The lowest BCUT2D eigenvalue weighted by molar-refractivity contribution is -0.143. The summed E-state index contributed by atoms with van der Waals surface area (Å²) in [6.07, 6.45) is 58.1. The Balaban J connectivity index is 3.34. The minimum atomic E-state index is -0.661. The number of ether oxygens (including phenoxy) is 1. The van der Waals surface area contributed by atoms with Gasteiger partial charge in [-0.05, 0) is 25.7 Å². The number of unbranched alkanes of at least 4 members (excludes halogenated alkanes) is 41. The van der Waals surface area contributed by atoms with Crippen molar-refractivity contribution in [1.82, 2.24) is 5.32 Å². The van der Waals surface area contributed by atoms with Crippen molar-refractivity contribution >= 4 is 11.9 Å². The normalized spacial score (nSPS) is 12.5. The van der Waals surface area contributed by atoms with Gasteiger partial charge < -0.3 is 20.3 Å². The Hall–Kier alpha value is -1.14. The summed E-state index contributed by atoms with van der Waals surface area (Å²) in [5.74, 6) is -0.0239. The minimum absolute atomic E-state index is 0.0139. The van der Waals surface area contributed by atoms with Gasteiger partial charge in [-0.1, -0.05) is 277 Å². The molecule has 2 unspecified atom stereocenters. The third-order valence-electron chi connectivity index (χ3n) is 13.2. The Labute approximate surface area is 381 Å². The summed E-state index contributed by atoms with van der Waals surface area (Å²) in [5.41, 5.74) is 0. The molecule has 3 N–H and O–H groups in total. The molecule has 0 bridgehead atoms. The Kier molecular flexibility index (Phi) is 50.5. The van der Waals surface area contributed by atoms with Crippen LogP contribution in [0, 0.1) is 0 Å². The largest absolute Gasteiger partial charge is 0.466 e. The molecule has 0 aromatic rings. The first kappa shape index (κ1) is 59.9. The molecular formula is C55H109NO5. The lowest BCUT2D eigenvalue weighted by Gasteiger charge is -2.22. The molecule has 364 valence electrons. The van der Waals surface area contributed by atoms with Crippen molar-refractivity contribution in [2.75, 3.05) is 13.2 Å². The second-order valence-corrected chi connectivity index (χ2v) is 19.3. The molecule has 2 atom stereocenters. The van der Waals surface area contributed by atoms with E-state index < -0.39 is 12.1 Å². The quantitative estimate of drug-likeness (QED) is 0.0418. The summed E-state index contributed by atoms with van der Waals surface area (Å²) in [6.45, 7) is 4.95. The van der Waals surface area contributed by atoms with E-state index >= 15 is 0 Å². The number of hydrogen-bond acceptors (Lipinski definition) is 5. The molecule has 0 saturated carbocycles. The van der Waals surface area contributed by atoms with Crippen molar-refractivity contribution in [3.05, 3.63) is 0 Å². The highest BCUT2D eigenvalue weighted by Gasteiger charge is 2.20. The van der Waals surface area contributed by atoms with Gasteiger partial charge in [-0.15, -0.1) is 0 Å². The Bertz CT molecular complexity index is 867. The van der Waals surface area contributed by atoms with E-state index in [2.05, 4.69) is 19.2 Å². The molecule has 6 nitrogen and oxygen atoms in total. The molecule has 0 radical (unpaired) electrons. The number of amides is 1. The van der Waals surface area contributed by atoms with Gasteiger partial charge in [-0.3, -0.25) is 9.59 Å². The maximum Gasteiger partial charge on any atom is 0.305 e. The molecule has 0 spiro atoms. The van der Waals surface area contributed by atoms with Gasteiger partial charge in [0.15, 0.2) is 0 Å². The van der Waals surface area contributed by atoms with Gasteiger partial charge in [0, 0.05) is 12.8 Å². The topological polar surface area (TPSA) is 95.9 Å². The average molecular weight is 864 g/mol. The lowest BCUT2D eigenvalue weighted by atomic mass is 10.0. The van der Waals surface area contributed by atoms with E-state index in [0.717, 1.165) is 38.5 Å². The average Bonchev–Trinajstić information content (AvgIpc) is 3.26. The summed E-state index contributed by atoms with van der Waals surface area (Å²) < 4.78 is 5.48. The van der Waals surface area contributed by atoms with Crippen LogP contribution < -0.4 is 5.32 Å². The van der Waals surface area contributed by atoms with Gasteiger partial charge in [0.05, 0.1) is 25.4 Å². The van der Waals surface area contributed by atoms with Gasteiger partial charge in [0.25, 0.3) is 0 Å². The molecule has 1 amide bonds. The first-order chi connectivity index (χ1) is 30.0. The van der Waals surface area contributed by atoms with Gasteiger partial charge in [0.1, 0.15) is 0 Å². The summed E-state index contributed by atoms with van der Waals surface area (Å²) in [7, 11) is 0. The van der Waals surface area contributed by atoms with Gasteiger partial charge in [-0.2, -0.15) is 0 Å². The molecule has 0 aromatic heterocycles. The van der Waals surface area contributed by atoms with Crippen LogP contribution in [0.4, 0.5) is 0 Å². The molecule has 0 aliphatic heterocycles. The molecule has 0 aliphatic carbocycles. The summed E-state index contributed by atoms with van der Waals surface area (Å²) in [4.78, 5) is 24.4. The van der Waals surface area contributed by atoms with Crippen LogP contribution >= 0.6 is 0 Å². The number of hydrogen-bond donors (Lipinski definition) is 3. The van der Waals surface area contributed by atoms with E-state index in [1.807, 2.05) is 0 Å². The second kappa shape index (κ2) is 51.5. The van der Waals surface area contributed by atoms with E-state index in [-0.39, 0.29) is 18.5 Å². The fraction of sp³-hybridized carbons (Fsp3) is 0.964. The zero-order chi connectivity index (χ0) is 44.4. The van der Waals surface area contributed by atoms with E-state index in [4.69, 9.17) is 4.74 Å². The van der Waals surface area contributed by atoms with Gasteiger partial charge >= 0.3 is 5.97 Å². The van der Waals surface area contributed by atoms with Crippen LogP contribution in [0.25, 0.3) is 0 Å². The highest BCUT2D eigenvalue weighted by atomic mass is 16.5.